The molecule has 1 heteroatoms. The topological polar surface area (TPSA) is 0 Å². The summed E-state index contributed by atoms with van der Waals surface area (Å²) in [5.41, 5.74) is 0.680. The molecule has 0 aromatic heterocycles. The predicted octanol–water partition coefficient (Wildman–Crippen LogP) is 5.66. The molecule has 19 heavy (non-hydrogen) atoms. The fourth-order valence-corrected chi connectivity index (χ4v) is 7.12. The van der Waals surface area contributed by atoms with Crippen LogP contribution >= 0.6 is 0 Å². The maximum Gasteiger partial charge on any atom is 0.149 e. The lowest BCUT2D eigenvalue weighted by atomic mass is 9.18. The molecule has 3 saturated carbocycles. The van der Waals surface area contributed by atoms with Gasteiger partial charge in [-0.25, -0.2) is 0 Å². The summed E-state index contributed by atoms with van der Waals surface area (Å²) in [5.74, 6) is 6.50. The van der Waals surface area contributed by atoms with Crippen LogP contribution in [-0.2, 0) is 0 Å². The van der Waals surface area contributed by atoms with Gasteiger partial charge in [-0.3, -0.25) is 0 Å². The van der Waals surface area contributed by atoms with Crippen molar-refractivity contribution < 1.29 is 0 Å². The molecule has 0 nitrogen and oxygen atoms in total. The van der Waals surface area contributed by atoms with Crippen LogP contribution in [0.4, 0.5) is 0 Å². The SMILES string of the molecule is C[C@H]1[C@H](B2C3CCCC2CCC3)C[C@H]2C[C@@H]1C2(C)C. The molecular weight excluding hydrogens is 227 g/mol. The monoisotopic (exact) mass is 258 g/mol. The van der Waals surface area contributed by atoms with E-state index in [4.69, 9.17) is 0 Å². The normalized spacial score (nSPS) is 51.6. The van der Waals surface area contributed by atoms with Crippen LogP contribution in [0.5, 0.6) is 0 Å². The Kier molecular flexibility index (Phi) is 2.88. The Morgan fingerprint density at radius 3 is 1.95 bits per heavy atom. The van der Waals surface area contributed by atoms with E-state index in [1.54, 1.807) is 51.4 Å². The van der Waals surface area contributed by atoms with Gasteiger partial charge < -0.3 is 0 Å². The Hall–Kier alpha value is 0.0649. The highest BCUT2D eigenvalue weighted by molar-refractivity contribution is 6.64. The lowest BCUT2D eigenvalue weighted by Gasteiger charge is -2.64. The molecule has 0 N–H and O–H groups in total. The first-order valence-corrected chi connectivity index (χ1v) is 9.09. The van der Waals surface area contributed by atoms with Crippen molar-refractivity contribution in [3.05, 3.63) is 0 Å². The van der Waals surface area contributed by atoms with Gasteiger partial charge in [0.25, 0.3) is 0 Å². The molecule has 5 rings (SSSR count). The van der Waals surface area contributed by atoms with Crippen molar-refractivity contribution in [1.29, 1.82) is 0 Å². The average Bonchev–Trinajstić information content (AvgIpc) is 2.37. The zero-order valence-corrected chi connectivity index (χ0v) is 13.2. The molecule has 0 unspecified atom stereocenters. The van der Waals surface area contributed by atoms with Crippen LogP contribution < -0.4 is 0 Å². The summed E-state index contributed by atoms with van der Waals surface area (Å²) in [6, 6.07) is 0. The second-order valence-corrected chi connectivity index (χ2v) is 9.08. The van der Waals surface area contributed by atoms with E-state index in [0.717, 1.165) is 41.9 Å². The second-order valence-electron chi connectivity index (χ2n) is 9.08. The number of fused-ring (bicyclic) bond motifs is 5. The maximum atomic E-state index is 2.62. The summed E-state index contributed by atoms with van der Waals surface area (Å²) in [5, 5.41) is 0. The molecule has 3 aliphatic carbocycles. The van der Waals surface area contributed by atoms with Crippen LogP contribution in [0.1, 0.15) is 72.1 Å². The van der Waals surface area contributed by atoms with Gasteiger partial charge in [0.15, 0.2) is 0 Å². The molecule has 5 aliphatic rings. The van der Waals surface area contributed by atoms with E-state index in [-0.39, 0.29) is 0 Å². The van der Waals surface area contributed by atoms with Gasteiger partial charge in [0.2, 0.25) is 0 Å². The molecule has 106 valence electrons. The summed E-state index contributed by atoms with van der Waals surface area (Å²) in [6.07, 6.45) is 12.5. The van der Waals surface area contributed by atoms with Crippen molar-refractivity contribution in [2.75, 3.05) is 0 Å². The predicted molar refractivity (Wildman–Crippen MR) is 83.9 cm³/mol. The van der Waals surface area contributed by atoms with Crippen LogP contribution in [0.25, 0.3) is 0 Å². The van der Waals surface area contributed by atoms with Crippen molar-refractivity contribution in [2.24, 2.45) is 23.2 Å². The van der Waals surface area contributed by atoms with Gasteiger partial charge in [0.1, 0.15) is 6.71 Å². The first kappa shape index (κ1) is 12.8. The molecule has 5 fully saturated rings. The van der Waals surface area contributed by atoms with Crippen LogP contribution in [0.15, 0.2) is 0 Å². The molecular formula is C18H31B. The number of hydrogen-bond donors (Lipinski definition) is 0. The zero-order valence-electron chi connectivity index (χ0n) is 13.2. The van der Waals surface area contributed by atoms with Gasteiger partial charge in [-0.2, -0.15) is 0 Å². The fourth-order valence-electron chi connectivity index (χ4n) is 7.12. The standard InChI is InChI=1S/C18H31B/c1-12-16-10-13(18(16,2)3)11-17(12)19-14-6-4-7-15(19)9-5-8-14/h12-17H,4-11H2,1-3H3/t12-,13-,14?,15?,16+,17-/m1/s1. The lowest BCUT2D eigenvalue weighted by molar-refractivity contribution is -0.0998. The maximum absolute atomic E-state index is 2.62. The minimum atomic E-state index is 0.680. The molecule has 0 radical (unpaired) electrons. The minimum absolute atomic E-state index is 0.680. The largest absolute Gasteiger partial charge is 0.149 e. The Morgan fingerprint density at radius 1 is 0.895 bits per heavy atom. The second kappa shape index (κ2) is 4.28. The Labute approximate surface area is 120 Å². The van der Waals surface area contributed by atoms with E-state index in [0.29, 0.717) is 5.41 Å². The Bertz CT molecular complexity index is 339. The molecule has 0 aromatic rings. The molecule has 4 bridgehead atoms. The average molecular weight is 258 g/mol. The molecule has 2 saturated heterocycles. The van der Waals surface area contributed by atoms with E-state index in [1.165, 1.54) is 0 Å². The first-order valence-electron chi connectivity index (χ1n) is 9.09. The van der Waals surface area contributed by atoms with E-state index in [2.05, 4.69) is 20.8 Å². The van der Waals surface area contributed by atoms with Crippen LogP contribution in [0.3, 0.4) is 0 Å². The summed E-state index contributed by atoms with van der Waals surface area (Å²) in [4.78, 5) is 0. The van der Waals surface area contributed by atoms with E-state index in [9.17, 15) is 0 Å². The highest BCUT2D eigenvalue weighted by Crippen LogP contribution is 2.67. The molecule has 0 amide bonds. The van der Waals surface area contributed by atoms with Crippen molar-refractivity contribution in [3.8, 4) is 0 Å². The highest BCUT2D eigenvalue weighted by atomic mass is 14.6. The van der Waals surface area contributed by atoms with E-state index >= 15 is 0 Å². The summed E-state index contributed by atoms with van der Waals surface area (Å²) in [7, 11) is 0. The molecule has 0 aromatic carbocycles. The summed E-state index contributed by atoms with van der Waals surface area (Å²) >= 11 is 0. The fraction of sp³-hybridized carbons (Fsp3) is 1.00. The third kappa shape index (κ3) is 1.72. The summed E-state index contributed by atoms with van der Waals surface area (Å²) < 4.78 is 0. The minimum Gasteiger partial charge on any atom is -0.0626 e. The van der Waals surface area contributed by atoms with Gasteiger partial charge in [0.05, 0.1) is 0 Å². The molecule has 0 spiro atoms. The first-order chi connectivity index (χ1) is 9.09. The van der Waals surface area contributed by atoms with Crippen LogP contribution in [-0.4, -0.2) is 6.71 Å². The van der Waals surface area contributed by atoms with Gasteiger partial charge in [0, 0.05) is 0 Å². The Morgan fingerprint density at radius 2 is 1.47 bits per heavy atom. The molecule has 2 heterocycles. The van der Waals surface area contributed by atoms with Crippen molar-refractivity contribution in [3.63, 3.8) is 0 Å². The van der Waals surface area contributed by atoms with Gasteiger partial charge in [-0.05, 0) is 29.6 Å². The lowest BCUT2D eigenvalue weighted by Crippen LogP contribution is -2.57. The smallest absolute Gasteiger partial charge is 0.0626 e. The van der Waals surface area contributed by atoms with Gasteiger partial charge in [-0.1, -0.05) is 83.2 Å². The third-order valence-corrected chi connectivity index (χ3v) is 8.30. The van der Waals surface area contributed by atoms with Crippen molar-refractivity contribution in [2.45, 2.75) is 89.6 Å². The van der Waals surface area contributed by atoms with Gasteiger partial charge >= 0.3 is 0 Å². The van der Waals surface area contributed by atoms with Crippen molar-refractivity contribution in [1.82, 2.24) is 0 Å². The number of rotatable bonds is 1. The third-order valence-electron chi connectivity index (χ3n) is 8.30. The van der Waals surface area contributed by atoms with Crippen LogP contribution in [0.2, 0.25) is 17.5 Å². The molecule has 4 atom stereocenters. The number of hydrogen-bond acceptors (Lipinski definition) is 0. The highest BCUT2D eigenvalue weighted by Gasteiger charge is 2.59. The zero-order chi connectivity index (χ0) is 13.2. The quantitative estimate of drug-likeness (QED) is 0.532. The Balaban J connectivity index is 1.57. The van der Waals surface area contributed by atoms with Gasteiger partial charge in [-0.15, -0.1) is 0 Å². The molecule has 2 aliphatic heterocycles. The summed E-state index contributed by atoms with van der Waals surface area (Å²) in [6.45, 7) is 8.87. The van der Waals surface area contributed by atoms with E-state index < -0.39 is 0 Å². The van der Waals surface area contributed by atoms with Crippen LogP contribution in [0, 0.1) is 23.2 Å². The van der Waals surface area contributed by atoms with Crippen molar-refractivity contribution >= 4 is 6.71 Å². The van der Waals surface area contributed by atoms with E-state index in [1.807, 2.05) is 0 Å².